The van der Waals surface area contributed by atoms with Crippen LogP contribution in [0, 0.1) is 0 Å². The van der Waals surface area contributed by atoms with E-state index >= 15 is 0 Å². The summed E-state index contributed by atoms with van der Waals surface area (Å²) < 4.78 is 15.5. The minimum atomic E-state index is 0.127. The highest BCUT2D eigenvalue weighted by Crippen LogP contribution is 2.13. The number of methoxy groups -OCH3 is 2. The van der Waals surface area contributed by atoms with Crippen molar-refractivity contribution in [3.05, 3.63) is 29.8 Å². The predicted octanol–water partition coefficient (Wildman–Crippen LogP) is 1.15. The van der Waals surface area contributed by atoms with E-state index in [1.807, 2.05) is 31.2 Å². The third-order valence-corrected chi connectivity index (χ3v) is 2.70. The van der Waals surface area contributed by atoms with Crippen LogP contribution in [0.15, 0.2) is 29.3 Å². The molecular weight excluding hydrogens is 270 g/mol. The first kappa shape index (κ1) is 17.3. The Kier molecular flexibility index (Phi) is 8.23. The van der Waals surface area contributed by atoms with Crippen LogP contribution < -0.4 is 15.8 Å². The Morgan fingerprint density at radius 2 is 2.10 bits per heavy atom. The normalized spacial score (nSPS) is 13.0. The van der Waals surface area contributed by atoms with E-state index in [-0.39, 0.29) is 6.04 Å². The average Bonchev–Trinajstić information content (AvgIpc) is 2.46. The molecule has 1 atom stereocenters. The summed E-state index contributed by atoms with van der Waals surface area (Å²) in [5, 5.41) is 3.06. The summed E-state index contributed by atoms with van der Waals surface area (Å²) in [5.74, 6) is 1.21. The lowest BCUT2D eigenvalue weighted by Crippen LogP contribution is -2.40. The lowest BCUT2D eigenvalue weighted by molar-refractivity contribution is 0.146. The van der Waals surface area contributed by atoms with Crippen molar-refractivity contribution in [2.75, 3.05) is 34.0 Å². The molecule has 0 saturated heterocycles. The Morgan fingerprint density at radius 1 is 1.29 bits per heavy atom. The third-order valence-electron chi connectivity index (χ3n) is 2.70. The number of ether oxygens (including phenoxy) is 3. The van der Waals surface area contributed by atoms with Gasteiger partial charge < -0.3 is 25.3 Å². The van der Waals surface area contributed by atoms with Crippen molar-refractivity contribution in [3.8, 4) is 5.75 Å². The van der Waals surface area contributed by atoms with E-state index < -0.39 is 0 Å². The summed E-state index contributed by atoms with van der Waals surface area (Å²) in [6.45, 7) is 4.16. The SMILES string of the molecule is COCCOc1cccc(CN=C(N)NC(C)COC)c1. The van der Waals surface area contributed by atoms with Crippen molar-refractivity contribution >= 4 is 5.96 Å². The summed E-state index contributed by atoms with van der Waals surface area (Å²) in [7, 11) is 3.30. The van der Waals surface area contributed by atoms with Gasteiger partial charge in [0, 0.05) is 20.3 Å². The van der Waals surface area contributed by atoms with Gasteiger partial charge in [-0.1, -0.05) is 12.1 Å². The highest BCUT2D eigenvalue weighted by Gasteiger charge is 2.02. The second-order valence-electron chi connectivity index (χ2n) is 4.69. The first-order chi connectivity index (χ1) is 10.2. The molecule has 1 rings (SSSR count). The second-order valence-corrected chi connectivity index (χ2v) is 4.69. The number of guanidine groups is 1. The zero-order chi connectivity index (χ0) is 15.5. The van der Waals surface area contributed by atoms with Crippen LogP contribution in [-0.4, -0.2) is 46.0 Å². The maximum Gasteiger partial charge on any atom is 0.189 e. The van der Waals surface area contributed by atoms with Crippen molar-refractivity contribution < 1.29 is 14.2 Å². The van der Waals surface area contributed by atoms with Crippen LogP contribution in [-0.2, 0) is 16.0 Å². The fourth-order valence-electron chi connectivity index (χ4n) is 1.74. The second kappa shape index (κ2) is 10.0. The van der Waals surface area contributed by atoms with E-state index in [0.29, 0.717) is 32.3 Å². The van der Waals surface area contributed by atoms with Gasteiger partial charge >= 0.3 is 0 Å². The van der Waals surface area contributed by atoms with Crippen LogP contribution in [0.3, 0.4) is 0 Å². The molecule has 0 aliphatic carbocycles. The van der Waals surface area contributed by atoms with Crippen molar-refractivity contribution in [3.63, 3.8) is 0 Å². The van der Waals surface area contributed by atoms with Gasteiger partial charge in [0.15, 0.2) is 5.96 Å². The lowest BCUT2D eigenvalue weighted by Gasteiger charge is -2.13. The number of nitrogens with one attached hydrogen (secondary N) is 1. The number of hydrogen-bond acceptors (Lipinski definition) is 4. The Labute approximate surface area is 126 Å². The summed E-state index contributed by atoms with van der Waals surface area (Å²) >= 11 is 0. The molecule has 6 nitrogen and oxygen atoms in total. The van der Waals surface area contributed by atoms with E-state index in [1.165, 1.54) is 0 Å². The van der Waals surface area contributed by atoms with Crippen LogP contribution in [0.1, 0.15) is 12.5 Å². The molecule has 6 heteroatoms. The lowest BCUT2D eigenvalue weighted by atomic mass is 10.2. The number of aliphatic imine (C=N–C) groups is 1. The van der Waals surface area contributed by atoms with Gasteiger partial charge in [-0.2, -0.15) is 0 Å². The van der Waals surface area contributed by atoms with Gasteiger partial charge in [-0.05, 0) is 24.6 Å². The maximum absolute atomic E-state index is 5.82. The summed E-state index contributed by atoms with van der Waals surface area (Å²) in [5.41, 5.74) is 6.86. The molecule has 0 saturated carbocycles. The van der Waals surface area contributed by atoms with Crippen molar-refractivity contribution in [1.29, 1.82) is 0 Å². The molecule has 1 aromatic carbocycles. The van der Waals surface area contributed by atoms with E-state index in [2.05, 4.69) is 10.3 Å². The van der Waals surface area contributed by atoms with Gasteiger partial charge in [0.05, 0.1) is 19.8 Å². The van der Waals surface area contributed by atoms with Crippen LogP contribution in [0.5, 0.6) is 5.75 Å². The Balaban J connectivity index is 2.48. The molecule has 0 radical (unpaired) electrons. The maximum atomic E-state index is 5.82. The van der Waals surface area contributed by atoms with E-state index in [1.54, 1.807) is 14.2 Å². The predicted molar refractivity (Wildman–Crippen MR) is 83.6 cm³/mol. The van der Waals surface area contributed by atoms with Gasteiger partial charge in [-0.15, -0.1) is 0 Å². The summed E-state index contributed by atoms with van der Waals surface area (Å²) in [4.78, 5) is 4.30. The molecular formula is C15H25N3O3. The fourth-order valence-corrected chi connectivity index (χ4v) is 1.74. The smallest absolute Gasteiger partial charge is 0.189 e. The largest absolute Gasteiger partial charge is 0.491 e. The molecule has 0 heterocycles. The molecule has 21 heavy (non-hydrogen) atoms. The quantitative estimate of drug-likeness (QED) is 0.406. The van der Waals surface area contributed by atoms with Crippen LogP contribution in [0.2, 0.25) is 0 Å². The molecule has 3 N–H and O–H groups in total. The van der Waals surface area contributed by atoms with Gasteiger partial charge in [0.25, 0.3) is 0 Å². The minimum Gasteiger partial charge on any atom is -0.491 e. The summed E-state index contributed by atoms with van der Waals surface area (Å²) in [6, 6.07) is 7.90. The average molecular weight is 295 g/mol. The molecule has 0 amide bonds. The molecule has 1 unspecified atom stereocenters. The topological polar surface area (TPSA) is 78.1 Å². The van der Waals surface area contributed by atoms with E-state index in [4.69, 9.17) is 19.9 Å². The van der Waals surface area contributed by atoms with Crippen LogP contribution >= 0.6 is 0 Å². The van der Waals surface area contributed by atoms with Gasteiger partial charge in [0.1, 0.15) is 12.4 Å². The number of nitrogens with two attached hydrogens (primary N) is 1. The molecule has 0 spiro atoms. The number of nitrogens with zero attached hydrogens (tertiary/aromatic N) is 1. The molecule has 1 aromatic rings. The monoisotopic (exact) mass is 295 g/mol. The molecule has 0 aliphatic rings. The highest BCUT2D eigenvalue weighted by molar-refractivity contribution is 5.78. The van der Waals surface area contributed by atoms with Crippen LogP contribution in [0.4, 0.5) is 0 Å². The van der Waals surface area contributed by atoms with Crippen molar-refractivity contribution in [1.82, 2.24) is 5.32 Å². The highest BCUT2D eigenvalue weighted by atomic mass is 16.5. The van der Waals surface area contributed by atoms with Crippen molar-refractivity contribution in [2.24, 2.45) is 10.7 Å². The standard InChI is InChI=1S/C15H25N3O3/c1-12(11-20-3)18-15(16)17-10-13-5-4-6-14(9-13)21-8-7-19-2/h4-6,9,12H,7-8,10-11H2,1-3H3,(H3,16,17,18). The van der Waals surface area contributed by atoms with E-state index in [0.717, 1.165) is 11.3 Å². The molecule has 0 aliphatic heterocycles. The minimum absolute atomic E-state index is 0.127. The first-order valence-corrected chi connectivity index (χ1v) is 6.91. The molecule has 0 bridgehead atoms. The summed E-state index contributed by atoms with van der Waals surface area (Å²) in [6.07, 6.45) is 0. The van der Waals surface area contributed by atoms with Crippen molar-refractivity contribution in [2.45, 2.75) is 19.5 Å². The molecule has 0 fully saturated rings. The van der Waals surface area contributed by atoms with Crippen LogP contribution in [0.25, 0.3) is 0 Å². The number of hydrogen-bond donors (Lipinski definition) is 2. The molecule has 0 aromatic heterocycles. The fraction of sp³-hybridized carbons (Fsp3) is 0.533. The molecule has 118 valence electrons. The Bertz CT molecular complexity index is 438. The van der Waals surface area contributed by atoms with E-state index in [9.17, 15) is 0 Å². The Hall–Kier alpha value is -1.79. The first-order valence-electron chi connectivity index (χ1n) is 6.91. The zero-order valence-electron chi connectivity index (χ0n) is 13.0. The van der Waals surface area contributed by atoms with Gasteiger partial charge in [-0.25, -0.2) is 4.99 Å². The third kappa shape index (κ3) is 7.53. The number of rotatable bonds is 9. The van der Waals surface area contributed by atoms with Gasteiger partial charge in [0.2, 0.25) is 0 Å². The zero-order valence-corrected chi connectivity index (χ0v) is 13.0. The number of benzene rings is 1. The Morgan fingerprint density at radius 3 is 2.81 bits per heavy atom. The van der Waals surface area contributed by atoms with Gasteiger partial charge in [-0.3, -0.25) is 0 Å².